The molecule has 1 aliphatic carbocycles. The average Bonchev–Trinajstić information content (AvgIpc) is 2.13. The Morgan fingerprint density at radius 2 is 2.00 bits per heavy atom. The zero-order valence-electron chi connectivity index (χ0n) is 10.1. The van der Waals surface area contributed by atoms with Crippen LogP contribution in [0.5, 0.6) is 0 Å². The van der Waals surface area contributed by atoms with Crippen LogP contribution in [0, 0.1) is 27.4 Å². The normalized spacial score (nSPS) is 27.9. The smallest absolute Gasteiger partial charge is 0.262 e. The Kier molecular flexibility index (Phi) is 3.45. The van der Waals surface area contributed by atoms with Crippen LogP contribution in [0.4, 0.5) is 0 Å². The van der Waals surface area contributed by atoms with Gasteiger partial charge in [0.05, 0.1) is 0 Å². The fraction of sp³-hybridized carbons (Fsp3) is 0.727. The van der Waals surface area contributed by atoms with Crippen LogP contribution in [0.1, 0.15) is 27.2 Å². The van der Waals surface area contributed by atoms with Crippen LogP contribution in [0.15, 0.2) is 0 Å². The number of ketones is 3. The molecule has 1 rings (SSSR count). The van der Waals surface area contributed by atoms with Gasteiger partial charge in [0.15, 0.2) is 11.6 Å². The predicted octanol–water partition coefficient (Wildman–Crippen LogP) is 0.653. The van der Waals surface area contributed by atoms with Gasteiger partial charge in [-0.1, -0.05) is 20.8 Å². The average molecular weight is 241 g/mol. The summed E-state index contributed by atoms with van der Waals surface area (Å²) in [5, 5.41) is 10.3. The Labute approximate surface area is 98.5 Å². The van der Waals surface area contributed by atoms with Crippen molar-refractivity contribution in [3.05, 3.63) is 10.1 Å². The number of carbonyl (C=O) groups excluding carboxylic acids is 3. The second-order valence-corrected chi connectivity index (χ2v) is 5.15. The first-order valence-electron chi connectivity index (χ1n) is 5.39. The fourth-order valence-corrected chi connectivity index (χ4v) is 2.29. The van der Waals surface area contributed by atoms with Gasteiger partial charge in [-0.2, -0.15) is 0 Å². The van der Waals surface area contributed by atoms with Crippen LogP contribution in [-0.2, 0) is 14.4 Å². The van der Waals surface area contributed by atoms with E-state index in [9.17, 15) is 24.5 Å². The van der Waals surface area contributed by atoms with Crippen molar-refractivity contribution in [2.75, 3.05) is 6.54 Å². The molecule has 1 saturated carbocycles. The Balaban J connectivity index is 3.02. The Morgan fingerprint density at radius 1 is 1.47 bits per heavy atom. The van der Waals surface area contributed by atoms with Gasteiger partial charge in [-0.05, 0) is 6.42 Å². The molecule has 17 heavy (non-hydrogen) atoms. The maximum atomic E-state index is 12.0. The lowest BCUT2D eigenvalue weighted by atomic mass is 9.65. The SMILES string of the molecule is CC1CC(C)(C)C(=O)C(C(=O)C[N+](=O)[O-])C1=O. The first-order valence-corrected chi connectivity index (χ1v) is 5.39. The molecule has 0 aliphatic heterocycles. The number of rotatable bonds is 3. The lowest BCUT2D eigenvalue weighted by Gasteiger charge is -2.35. The fourth-order valence-electron chi connectivity index (χ4n) is 2.29. The van der Waals surface area contributed by atoms with E-state index in [-0.39, 0.29) is 0 Å². The van der Waals surface area contributed by atoms with Crippen molar-refractivity contribution in [3.63, 3.8) is 0 Å². The maximum absolute atomic E-state index is 12.0. The molecule has 1 aliphatic rings. The number of nitrogens with zero attached hydrogens (tertiary/aromatic N) is 1. The van der Waals surface area contributed by atoms with Crippen LogP contribution in [0.3, 0.4) is 0 Å². The minimum atomic E-state index is -1.45. The molecule has 0 radical (unpaired) electrons. The second kappa shape index (κ2) is 4.35. The van der Waals surface area contributed by atoms with E-state index < -0.39 is 46.1 Å². The second-order valence-electron chi connectivity index (χ2n) is 5.15. The summed E-state index contributed by atoms with van der Waals surface area (Å²) in [5.41, 5.74) is -0.774. The third-order valence-electron chi connectivity index (χ3n) is 3.12. The first-order chi connectivity index (χ1) is 7.66. The molecule has 2 atom stereocenters. The van der Waals surface area contributed by atoms with Crippen molar-refractivity contribution >= 4 is 17.3 Å². The molecular formula is C11H15NO5. The monoisotopic (exact) mass is 241 g/mol. The highest BCUT2D eigenvalue weighted by atomic mass is 16.6. The summed E-state index contributed by atoms with van der Waals surface area (Å²) in [6.07, 6.45) is 0.382. The lowest BCUT2D eigenvalue weighted by Crippen LogP contribution is -2.49. The van der Waals surface area contributed by atoms with Gasteiger partial charge in [0.2, 0.25) is 5.78 Å². The molecule has 0 aromatic heterocycles. The third kappa shape index (κ3) is 2.57. The first kappa shape index (κ1) is 13.5. The van der Waals surface area contributed by atoms with E-state index in [2.05, 4.69) is 0 Å². The largest absolute Gasteiger partial charge is 0.298 e. The number of hydrogen-bond donors (Lipinski definition) is 0. The van der Waals surface area contributed by atoms with Crippen LogP contribution in [0.2, 0.25) is 0 Å². The van der Waals surface area contributed by atoms with E-state index >= 15 is 0 Å². The van der Waals surface area contributed by atoms with Gasteiger partial charge in [-0.15, -0.1) is 0 Å². The highest BCUT2D eigenvalue weighted by molar-refractivity contribution is 6.22. The molecule has 0 heterocycles. The molecule has 1 fully saturated rings. The van der Waals surface area contributed by atoms with Gasteiger partial charge in [-0.25, -0.2) is 0 Å². The van der Waals surface area contributed by atoms with Crippen LogP contribution >= 0.6 is 0 Å². The topological polar surface area (TPSA) is 94.3 Å². The van der Waals surface area contributed by atoms with E-state index in [4.69, 9.17) is 0 Å². The molecule has 0 bridgehead atoms. The van der Waals surface area contributed by atoms with Gasteiger partial charge in [0.25, 0.3) is 6.54 Å². The van der Waals surface area contributed by atoms with Crippen molar-refractivity contribution in [2.45, 2.75) is 27.2 Å². The quantitative estimate of drug-likeness (QED) is 0.411. The van der Waals surface area contributed by atoms with Gasteiger partial charge in [0, 0.05) is 16.3 Å². The number of nitro groups is 1. The molecule has 94 valence electrons. The third-order valence-corrected chi connectivity index (χ3v) is 3.12. The van der Waals surface area contributed by atoms with Crippen molar-refractivity contribution < 1.29 is 19.3 Å². The zero-order chi connectivity index (χ0) is 13.4. The Bertz CT molecular complexity index is 399. The van der Waals surface area contributed by atoms with E-state index in [1.165, 1.54) is 0 Å². The van der Waals surface area contributed by atoms with Crippen molar-refractivity contribution in [3.8, 4) is 0 Å². The summed E-state index contributed by atoms with van der Waals surface area (Å²) in [7, 11) is 0. The summed E-state index contributed by atoms with van der Waals surface area (Å²) in [6.45, 7) is 3.99. The summed E-state index contributed by atoms with van der Waals surface area (Å²) >= 11 is 0. The maximum Gasteiger partial charge on any atom is 0.262 e. The summed E-state index contributed by atoms with van der Waals surface area (Å²) in [6, 6.07) is 0. The van der Waals surface area contributed by atoms with Crippen molar-refractivity contribution in [1.29, 1.82) is 0 Å². The van der Waals surface area contributed by atoms with Gasteiger partial charge >= 0.3 is 0 Å². The summed E-state index contributed by atoms with van der Waals surface area (Å²) in [4.78, 5) is 44.8. The highest BCUT2D eigenvalue weighted by Crippen LogP contribution is 2.37. The molecule has 0 saturated heterocycles. The summed E-state index contributed by atoms with van der Waals surface area (Å²) < 4.78 is 0. The van der Waals surface area contributed by atoms with Gasteiger partial charge in [-0.3, -0.25) is 24.5 Å². The lowest BCUT2D eigenvalue weighted by molar-refractivity contribution is -0.467. The molecule has 2 unspecified atom stereocenters. The minimum Gasteiger partial charge on any atom is -0.298 e. The molecule has 0 aromatic carbocycles. The Hall–Kier alpha value is -1.59. The van der Waals surface area contributed by atoms with Gasteiger partial charge in [0.1, 0.15) is 5.92 Å². The molecule has 0 amide bonds. The highest BCUT2D eigenvalue weighted by Gasteiger charge is 2.49. The van der Waals surface area contributed by atoms with Crippen LogP contribution in [0.25, 0.3) is 0 Å². The summed E-state index contributed by atoms with van der Waals surface area (Å²) in [5.74, 6) is -3.74. The standard InChI is InChI=1S/C11H15NO5/c1-6-4-11(2,3)10(15)8(9(6)14)7(13)5-12(16)17/h6,8H,4-5H2,1-3H3. The number of hydrogen-bond acceptors (Lipinski definition) is 5. The molecule has 6 nitrogen and oxygen atoms in total. The van der Waals surface area contributed by atoms with Crippen molar-refractivity contribution in [2.24, 2.45) is 17.3 Å². The molecule has 6 heteroatoms. The van der Waals surface area contributed by atoms with E-state index in [0.29, 0.717) is 6.42 Å². The number of carbonyl (C=O) groups is 3. The number of Topliss-reactive ketones (excluding diaryl/α,β-unsaturated/α-hetero) is 3. The molecule has 0 spiro atoms. The van der Waals surface area contributed by atoms with Crippen LogP contribution in [-0.4, -0.2) is 28.8 Å². The van der Waals surface area contributed by atoms with Crippen LogP contribution < -0.4 is 0 Å². The van der Waals surface area contributed by atoms with Gasteiger partial charge < -0.3 is 0 Å². The minimum absolute atomic E-state index is 0.382. The van der Waals surface area contributed by atoms with E-state index in [0.717, 1.165) is 0 Å². The van der Waals surface area contributed by atoms with E-state index in [1.807, 2.05) is 0 Å². The molecule has 0 aromatic rings. The zero-order valence-corrected chi connectivity index (χ0v) is 10.1. The van der Waals surface area contributed by atoms with Crippen molar-refractivity contribution in [1.82, 2.24) is 0 Å². The molecular weight excluding hydrogens is 226 g/mol. The van der Waals surface area contributed by atoms with E-state index in [1.54, 1.807) is 20.8 Å². The Morgan fingerprint density at radius 3 is 2.47 bits per heavy atom. The molecule has 0 N–H and O–H groups in total. The predicted molar refractivity (Wildman–Crippen MR) is 57.9 cm³/mol.